The van der Waals surface area contributed by atoms with E-state index in [-0.39, 0.29) is 62.4 Å². The fraction of sp³-hybridized carbons (Fsp3) is 0.364. The van der Waals surface area contributed by atoms with Crippen LogP contribution in [-0.2, 0) is 51.2 Å². The third-order valence-corrected chi connectivity index (χ3v) is 5.20. The van der Waals surface area contributed by atoms with Crippen molar-refractivity contribution in [1.82, 2.24) is 19.9 Å². The molecule has 2 aliphatic heterocycles. The molecular weight excluding hydrogens is 536 g/mol. The van der Waals surface area contributed by atoms with Crippen LogP contribution in [0.5, 0.6) is 0 Å². The topological polar surface area (TPSA) is 245 Å². The number of nitrogens with zero attached hydrogens (tertiary/aromatic N) is 4. The Morgan fingerprint density at radius 1 is 0.675 bits per heavy atom. The van der Waals surface area contributed by atoms with Gasteiger partial charge in [-0.05, 0) is 0 Å². The van der Waals surface area contributed by atoms with Gasteiger partial charge in [0.15, 0.2) is 11.6 Å². The molecule has 18 heteroatoms. The Labute approximate surface area is 223 Å². The molecule has 210 valence electrons. The highest BCUT2D eigenvalue weighted by molar-refractivity contribution is 5.79. The summed E-state index contributed by atoms with van der Waals surface area (Å²) in [4.78, 5) is 101. The lowest BCUT2D eigenvalue weighted by atomic mass is 10.3. The van der Waals surface area contributed by atoms with Gasteiger partial charge in [0.05, 0.1) is 36.8 Å². The molecule has 2 aliphatic rings. The van der Waals surface area contributed by atoms with Crippen LogP contribution in [0.1, 0.15) is 36.8 Å². The number of aliphatic imine (C=N–C) groups is 2. The van der Waals surface area contributed by atoms with Crippen LogP contribution in [0, 0.1) is 0 Å². The lowest BCUT2D eigenvalue weighted by Crippen LogP contribution is -2.20. The molecule has 2 aromatic heterocycles. The molecule has 4 rings (SSSR count). The van der Waals surface area contributed by atoms with Crippen molar-refractivity contribution in [3.63, 3.8) is 0 Å². The van der Waals surface area contributed by atoms with Crippen molar-refractivity contribution in [3.8, 4) is 0 Å². The molecule has 18 nitrogen and oxygen atoms in total. The highest BCUT2D eigenvalue weighted by atomic mass is 16.7. The van der Waals surface area contributed by atoms with E-state index in [0.29, 0.717) is 24.0 Å². The number of nitrogens with one attached hydrogen (secondary N) is 4. The Balaban J connectivity index is 1.03. The van der Waals surface area contributed by atoms with Crippen molar-refractivity contribution >= 4 is 59.8 Å². The Morgan fingerprint density at radius 3 is 1.50 bits per heavy atom. The Hall–Kier alpha value is -5.42. The number of hydrogen-bond acceptors (Lipinski definition) is 16. The van der Waals surface area contributed by atoms with Gasteiger partial charge in [0.25, 0.3) is 11.1 Å². The summed E-state index contributed by atoms with van der Waals surface area (Å²) in [5.74, 6) is -2.91. The molecule has 0 aromatic carbocycles. The number of ether oxygens (including phenoxy) is 2. The van der Waals surface area contributed by atoms with Gasteiger partial charge in [-0.25, -0.2) is 19.6 Å². The molecule has 0 spiro atoms. The lowest BCUT2D eigenvalue weighted by molar-refractivity contribution is -0.154. The summed E-state index contributed by atoms with van der Waals surface area (Å²) in [7, 11) is 0. The van der Waals surface area contributed by atoms with Crippen LogP contribution in [0.25, 0.3) is 0 Å². The van der Waals surface area contributed by atoms with Crippen molar-refractivity contribution in [2.24, 2.45) is 9.98 Å². The van der Waals surface area contributed by atoms with E-state index in [1.807, 2.05) is 0 Å². The van der Waals surface area contributed by atoms with E-state index in [9.17, 15) is 28.8 Å². The van der Waals surface area contributed by atoms with E-state index >= 15 is 0 Å². The van der Waals surface area contributed by atoms with Gasteiger partial charge in [0.1, 0.15) is 13.2 Å². The summed E-state index contributed by atoms with van der Waals surface area (Å²) < 4.78 is 9.72. The van der Waals surface area contributed by atoms with Gasteiger partial charge in [-0.15, -0.1) is 0 Å². The number of H-pyrrole nitrogens is 2. The molecule has 0 fully saturated rings. The largest absolute Gasteiger partial charge is 0.462 e. The van der Waals surface area contributed by atoms with Crippen molar-refractivity contribution in [2.45, 2.75) is 38.5 Å². The fourth-order valence-corrected chi connectivity index (χ4v) is 3.27. The maximum atomic E-state index is 11.9. The second-order valence-electron chi connectivity index (χ2n) is 8.06. The van der Waals surface area contributed by atoms with Crippen molar-refractivity contribution in [3.05, 3.63) is 31.8 Å². The monoisotopic (exact) mass is 558 g/mol. The number of hydrogen-bond donors (Lipinski definition) is 4. The maximum Gasteiger partial charge on any atom is 0.332 e. The van der Waals surface area contributed by atoms with Gasteiger partial charge in [0.2, 0.25) is 11.9 Å². The van der Waals surface area contributed by atoms with Gasteiger partial charge in [-0.3, -0.25) is 29.1 Å². The summed E-state index contributed by atoms with van der Waals surface area (Å²) in [6.07, 6.45) is 2.48. The Morgan fingerprint density at radius 2 is 1.07 bits per heavy atom. The first-order valence-electron chi connectivity index (χ1n) is 11.8. The second-order valence-corrected chi connectivity index (χ2v) is 8.06. The number of rotatable bonds is 13. The van der Waals surface area contributed by atoms with Crippen LogP contribution in [0.3, 0.4) is 0 Å². The quantitative estimate of drug-likeness (QED) is 0.104. The van der Waals surface area contributed by atoms with E-state index in [1.54, 1.807) is 0 Å². The summed E-state index contributed by atoms with van der Waals surface area (Å²) in [5.41, 5.74) is 4.36. The molecule has 0 saturated carbocycles. The Kier molecular flexibility index (Phi) is 8.90. The van der Waals surface area contributed by atoms with Crippen molar-refractivity contribution < 1.29 is 38.3 Å². The van der Waals surface area contributed by atoms with E-state index < -0.39 is 35.0 Å². The highest BCUT2D eigenvalue weighted by Crippen LogP contribution is 2.19. The van der Waals surface area contributed by atoms with Crippen molar-refractivity contribution in [2.75, 3.05) is 24.2 Å². The van der Waals surface area contributed by atoms with Gasteiger partial charge < -0.3 is 19.1 Å². The second kappa shape index (κ2) is 12.9. The number of esters is 2. The summed E-state index contributed by atoms with van der Waals surface area (Å²) in [5, 5.41) is 0. The smallest absolute Gasteiger partial charge is 0.332 e. The molecule has 0 saturated heterocycles. The summed E-state index contributed by atoms with van der Waals surface area (Å²) in [6.45, 7) is -0.547. The third kappa shape index (κ3) is 7.55. The zero-order chi connectivity index (χ0) is 28.5. The van der Waals surface area contributed by atoms with Gasteiger partial charge in [0, 0.05) is 25.3 Å². The number of fused-ring (bicyclic) bond motifs is 2. The number of anilines is 2. The number of carbonyl (C=O) groups excluding carboxylic acids is 4. The molecular formula is C22H22N8O10. The molecule has 4 heterocycles. The molecule has 40 heavy (non-hydrogen) atoms. The zero-order valence-corrected chi connectivity index (χ0v) is 20.7. The van der Waals surface area contributed by atoms with Crippen LogP contribution in [0.4, 0.5) is 23.5 Å². The van der Waals surface area contributed by atoms with E-state index in [1.165, 1.54) is 12.4 Å². The minimum atomic E-state index is -0.816. The molecule has 0 bridgehead atoms. The third-order valence-electron chi connectivity index (χ3n) is 5.20. The van der Waals surface area contributed by atoms with Crippen LogP contribution >= 0.6 is 0 Å². The first-order valence-corrected chi connectivity index (χ1v) is 11.8. The first-order chi connectivity index (χ1) is 19.3. The number of aromatic amines is 2. The lowest BCUT2D eigenvalue weighted by Gasteiger charge is -2.08. The van der Waals surface area contributed by atoms with Gasteiger partial charge >= 0.3 is 23.9 Å². The average molecular weight is 558 g/mol. The molecule has 0 aliphatic carbocycles. The maximum absolute atomic E-state index is 11.9. The van der Waals surface area contributed by atoms with Crippen LogP contribution < -0.4 is 22.1 Å². The van der Waals surface area contributed by atoms with Crippen LogP contribution in [0.2, 0.25) is 0 Å². The average Bonchev–Trinajstić information content (AvgIpc) is 3.61. The van der Waals surface area contributed by atoms with Crippen LogP contribution in [0.15, 0.2) is 19.6 Å². The van der Waals surface area contributed by atoms with E-state index in [2.05, 4.69) is 40.9 Å². The number of carbonyl (C=O) groups is 4. The minimum absolute atomic E-state index is 0.118. The zero-order valence-electron chi connectivity index (χ0n) is 20.7. The molecule has 4 N–H and O–H groups in total. The summed E-state index contributed by atoms with van der Waals surface area (Å²) >= 11 is 0. The molecule has 0 amide bonds. The Bertz CT molecular complexity index is 1380. The van der Waals surface area contributed by atoms with Crippen LogP contribution in [-0.4, -0.2) is 69.5 Å². The predicted octanol–water partition coefficient (Wildman–Crippen LogP) is -0.543. The summed E-state index contributed by atoms with van der Waals surface area (Å²) in [6, 6.07) is 0. The highest BCUT2D eigenvalue weighted by Gasteiger charge is 2.17. The van der Waals surface area contributed by atoms with Gasteiger partial charge in [-0.2, -0.15) is 20.9 Å². The standard InChI is InChI=1S/C22H22N8O10/c31-13(1-3-15(33)39-29-21-25-17-11(5-7-23-17)19(35)27-21)37-9-10-38-14(32)2-4-16(34)40-30-22-26-18-12(6-8-24-18)20(36)28-22/h7-8H,1-6,9-10H2,(H2,25,27,29,35)(H2,26,28,30,36). The number of aromatic nitrogens is 4. The SMILES string of the molecule is O=C(CCC(=O)ONc1nc2c(c(=O)[nH]1)CC=N2)OCCOC(=O)CCC(=O)ONc1nc2c(c(=O)[nH]1)CC=N2. The van der Waals surface area contributed by atoms with Gasteiger partial charge in [-0.1, -0.05) is 0 Å². The first kappa shape index (κ1) is 27.6. The molecule has 0 unspecified atom stereocenters. The van der Waals surface area contributed by atoms with Crippen molar-refractivity contribution in [1.29, 1.82) is 0 Å². The predicted molar refractivity (Wildman–Crippen MR) is 133 cm³/mol. The molecule has 0 radical (unpaired) electrons. The van der Waals surface area contributed by atoms with E-state index in [0.717, 1.165) is 0 Å². The molecule has 2 aromatic rings. The minimum Gasteiger partial charge on any atom is -0.462 e. The fourth-order valence-electron chi connectivity index (χ4n) is 3.27. The normalized spacial score (nSPS) is 12.3. The van der Waals surface area contributed by atoms with E-state index in [4.69, 9.17) is 19.1 Å². The molecule has 0 atom stereocenters.